The van der Waals surface area contributed by atoms with E-state index in [1.54, 1.807) is 0 Å². The summed E-state index contributed by atoms with van der Waals surface area (Å²) in [6.07, 6.45) is 4.74. The highest BCUT2D eigenvalue weighted by Gasteiger charge is 2.23. The fourth-order valence-electron chi connectivity index (χ4n) is 1.87. The molecule has 0 aromatic rings. The summed E-state index contributed by atoms with van der Waals surface area (Å²) in [5.41, 5.74) is 5.93. The van der Waals surface area contributed by atoms with Crippen LogP contribution in [-0.2, 0) is 0 Å². The fourth-order valence-corrected chi connectivity index (χ4v) is 1.87. The molecule has 1 aliphatic rings. The molecule has 0 amide bonds. The normalized spacial score (nSPS) is 39.0. The fraction of sp³-hybridized carbons (Fsp3) is 1.00. The molecule has 1 aliphatic heterocycles. The van der Waals surface area contributed by atoms with Crippen molar-refractivity contribution >= 4 is 0 Å². The second kappa shape index (κ2) is 4.07. The highest BCUT2D eigenvalue weighted by Crippen LogP contribution is 2.15. The highest BCUT2D eigenvalue weighted by molar-refractivity contribution is 4.85. The molecule has 2 heteroatoms. The SMILES string of the molecule is CC[C@@H]1CC(N)C[C@H](CC)N1. The summed E-state index contributed by atoms with van der Waals surface area (Å²) in [5, 5.41) is 3.60. The van der Waals surface area contributed by atoms with E-state index in [0.29, 0.717) is 18.1 Å². The van der Waals surface area contributed by atoms with E-state index in [4.69, 9.17) is 5.73 Å². The summed E-state index contributed by atoms with van der Waals surface area (Å²) in [6, 6.07) is 1.78. The van der Waals surface area contributed by atoms with Gasteiger partial charge >= 0.3 is 0 Å². The first kappa shape index (κ1) is 9.01. The van der Waals surface area contributed by atoms with Gasteiger partial charge < -0.3 is 11.1 Å². The van der Waals surface area contributed by atoms with Gasteiger partial charge in [0.25, 0.3) is 0 Å². The Labute approximate surface area is 69.5 Å². The van der Waals surface area contributed by atoms with Gasteiger partial charge in [-0.1, -0.05) is 13.8 Å². The second-order valence-electron chi connectivity index (χ2n) is 3.61. The quantitative estimate of drug-likeness (QED) is 0.631. The van der Waals surface area contributed by atoms with Gasteiger partial charge in [0.1, 0.15) is 0 Å². The molecule has 66 valence electrons. The molecule has 0 radical (unpaired) electrons. The molecule has 2 nitrogen and oxygen atoms in total. The van der Waals surface area contributed by atoms with Crippen molar-refractivity contribution in [3.63, 3.8) is 0 Å². The van der Waals surface area contributed by atoms with Gasteiger partial charge in [0.05, 0.1) is 0 Å². The standard InChI is InChI=1S/C9H20N2/c1-3-8-5-7(10)6-9(4-2)11-8/h7-9,11H,3-6,10H2,1-2H3/t7?,8-,9+. The summed E-state index contributed by atoms with van der Waals surface area (Å²) < 4.78 is 0. The van der Waals surface area contributed by atoms with Crippen molar-refractivity contribution in [2.24, 2.45) is 5.73 Å². The molecule has 3 N–H and O–H groups in total. The van der Waals surface area contributed by atoms with Crippen molar-refractivity contribution in [2.75, 3.05) is 0 Å². The van der Waals surface area contributed by atoms with Crippen molar-refractivity contribution in [3.8, 4) is 0 Å². The predicted octanol–water partition coefficient (Wildman–Crippen LogP) is 1.25. The number of piperidine rings is 1. The smallest absolute Gasteiger partial charge is 0.00817 e. The molecule has 0 aliphatic carbocycles. The molecule has 0 spiro atoms. The topological polar surface area (TPSA) is 38.0 Å². The van der Waals surface area contributed by atoms with Crippen molar-refractivity contribution < 1.29 is 0 Å². The van der Waals surface area contributed by atoms with Gasteiger partial charge in [0.2, 0.25) is 0 Å². The van der Waals surface area contributed by atoms with Gasteiger partial charge in [-0.25, -0.2) is 0 Å². The molecular weight excluding hydrogens is 136 g/mol. The monoisotopic (exact) mass is 156 g/mol. The minimum atomic E-state index is 0.436. The van der Waals surface area contributed by atoms with Gasteiger partial charge in [-0.2, -0.15) is 0 Å². The van der Waals surface area contributed by atoms with Crippen LogP contribution in [0.25, 0.3) is 0 Å². The van der Waals surface area contributed by atoms with Gasteiger partial charge in [-0.3, -0.25) is 0 Å². The highest BCUT2D eigenvalue weighted by atomic mass is 15.0. The van der Waals surface area contributed by atoms with E-state index in [0.717, 1.165) is 12.8 Å². The van der Waals surface area contributed by atoms with Gasteiger partial charge in [-0.05, 0) is 25.7 Å². The first-order chi connectivity index (χ1) is 5.26. The van der Waals surface area contributed by atoms with Crippen LogP contribution in [0.2, 0.25) is 0 Å². The summed E-state index contributed by atoms with van der Waals surface area (Å²) in [5.74, 6) is 0. The third-order valence-corrected chi connectivity index (χ3v) is 2.63. The molecule has 1 saturated heterocycles. The Hall–Kier alpha value is -0.0800. The van der Waals surface area contributed by atoms with E-state index >= 15 is 0 Å². The molecule has 11 heavy (non-hydrogen) atoms. The minimum Gasteiger partial charge on any atom is -0.328 e. The average molecular weight is 156 g/mol. The molecule has 1 rings (SSSR count). The maximum absolute atomic E-state index is 5.93. The van der Waals surface area contributed by atoms with E-state index in [2.05, 4.69) is 19.2 Å². The zero-order valence-electron chi connectivity index (χ0n) is 7.64. The maximum Gasteiger partial charge on any atom is 0.00817 e. The van der Waals surface area contributed by atoms with E-state index < -0.39 is 0 Å². The number of hydrogen-bond donors (Lipinski definition) is 2. The Bertz CT molecular complexity index is 102. The Morgan fingerprint density at radius 1 is 1.18 bits per heavy atom. The maximum atomic E-state index is 5.93. The van der Waals surface area contributed by atoms with Gasteiger partial charge in [0.15, 0.2) is 0 Å². The lowest BCUT2D eigenvalue weighted by Crippen LogP contribution is -2.49. The summed E-state index contributed by atoms with van der Waals surface area (Å²) >= 11 is 0. The number of rotatable bonds is 2. The van der Waals surface area contributed by atoms with Crippen molar-refractivity contribution in [3.05, 3.63) is 0 Å². The molecule has 1 unspecified atom stereocenters. The van der Waals surface area contributed by atoms with E-state index in [1.807, 2.05) is 0 Å². The van der Waals surface area contributed by atoms with Crippen LogP contribution in [0.3, 0.4) is 0 Å². The Morgan fingerprint density at radius 2 is 1.64 bits per heavy atom. The van der Waals surface area contributed by atoms with E-state index in [1.165, 1.54) is 12.8 Å². The number of hydrogen-bond acceptors (Lipinski definition) is 2. The molecule has 0 saturated carbocycles. The molecule has 0 aromatic carbocycles. The summed E-state index contributed by atoms with van der Waals surface area (Å²) in [6.45, 7) is 4.45. The Morgan fingerprint density at radius 3 is 2.00 bits per heavy atom. The third-order valence-electron chi connectivity index (χ3n) is 2.63. The van der Waals surface area contributed by atoms with E-state index in [-0.39, 0.29) is 0 Å². The first-order valence-electron chi connectivity index (χ1n) is 4.77. The average Bonchev–Trinajstić information content (AvgIpc) is 2.03. The van der Waals surface area contributed by atoms with Gasteiger partial charge in [-0.15, -0.1) is 0 Å². The number of nitrogens with one attached hydrogen (secondary N) is 1. The van der Waals surface area contributed by atoms with Crippen molar-refractivity contribution in [1.82, 2.24) is 5.32 Å². The van der Waals surface area contributed by atoms with Crippen molar-refractivity contribution in [1.29, 1.82) is 0 Å². The van der Waals surface area contributed by atoms with Crippen LogP contribution in [0, 0.1) is 0 Å². The second-order valence-corrected chi connectivity index (χ2v) is 3.61. The van der Waals surface area contributed by atoms with Crippen LogP contribution in [0.5, 0.6) is 0 Å². The third kappa shape index (κ3) is 2.46. The lowest BCUT2D eigenvalue weighted by atomic mass is 9.92. The zero-order valence-corrected chi connectivity index (χ0v) is 7.64. The van der Waals surface area contributed by atoms with Crippen LogP contribution < -0.4 is 11.1 Å². The predicted molar refractivity (Wildman–Crippen MR) is 48.5 cm³/mol. The lowest BCUT2D eigenvalue weighted by Gasteiger charge is -2.33. The largest absolute Gasteiger partial charge is 0.328 e. The van der Waals surface area contributed by atoms with Crippen LogP contribution in [0.4, 0.5) is 0 Å². The Kier molecular flexibility index (Phi) is 3.34. The lowest BCUT2D eigenvalue weighted by molar-refractivity contribution is 0.279. The number of nitrogens with two attached hydrogens (primary N) is 1. The molecule has 1 fully saturated rings. The molecule has 0 bridgehead atoms. The minimum absolute atomic E-state index is 0.436. The van der Waals surface area contributed by atoms with E-state index in [9.17, 15) is 0 Å². The summed E-state index contributed by atoms with van der Waals surface area (Å²) in [7, 11) is 0. The van der Waals surface area contributed by atoms with Gasteiger partial charge in [0, 0.05) is 18.1 Å². The first-order valence-corrected chi connectivity index (χ1v) is 4.77. The molecule has 1 heterocycles. The molecular formula is C9H20N2. The van der Waals surface area contributed by atoms with Crippen LogP contribution >= 0.6 is 0 Å². The van der Waals surface area contributed by atoms with Crippen molar-refractivity contribution in [2.45, 2.75) is 57.7 Å². The zero-order chi connectivity index (χ0) is 8.27. The Balaban J connectivity index is 2.37. The summed E-state index contributed by atoms with van der Waals surface area (Å²) in [4.78, 5) is 0. The molecule has 3 atom stereocenters. The van der Waals surface area contributed by atoms with Crippen LogP contribution in [0.15, 0.2) is 0 Å². The van der Waals surface area contributed by atoms with Crippen LogP contribution in [0.1, 0.15) is 39.5 Å². The molecule has 0 aromatic heterocycles. The van der Waals surface area contributed by atoms with Crippen LogP contribution in [-0.4, -0.2) is 18.1 Å².